The molecule has 1 aromatic heterocycles. The van der Waals surface area contributed by atoms with E-state index in [1.54, 1.807) is 18.3 Å². The van der Waals surface area contributed by atoms with E-state index in [0.29, 0.717) is 16.5 Å². The predicted molar refractivity (Wildman–Crippen MR) is 75.9 cm³/mol. The van der Waals surface area contributed by atoms with Gasteiger partial charge < -0.3 is 10.6 Å². The molecule has 0 unspecified atom stereocenters. The van der Waals surface area contributed by atoms with Crippen molar-refractivity contribution in [3.8, 4) is 0 Å². The minimum atomic E-state index is -0.213. The predicted octanol–water partition coefficient (Wildman–Crippen LogP) is 3.14. The van der Waals surface area contributed by atoms with Crippen LogP contribution in [0.25, 0.3) is 5.70 Å². The number of carbonyl (C=O) groups excluding carboxylic acids is 1. The van der Waals surface area contributed by atoms with Gasteiger partial charge in [-0.3, -0.25) is 4.79 Å². The van der Waals surface area contributed by atoms with Gasteiger partial charge in [-0.15, -0.1) is 0 Å². The van der Waals surface area contributed by atoms with E-state index in [0.717, 1.165) is 11.3 Å². The third kappa shape index (κ3) is 2.44. The van der Waals surface area contributed by atoms with Gasteiger partial charge in [-0.2, -0.15) is 0 Å². The van der Waals surface area contributed by atoms with Crippen molar-refractivity contribution in [1.82, 2.24) is 4.98 Å². The molecule has 2 aromatic rings. The molecule has 5 heteroatoms. The number of hydrogen-bond donors (Lipinski definition) is 2. The van der Waals surface area contributed by atoms with Crippen molar-refractivity contribution in [2.45, 2.75) is 0 Å². The van der Waals surface area contributed by atoms with Crippen LogP contribution in [0.1, 0.15) is 5.56 Å². The molecule has 0 bridgehead atoms. The highest BCUT2D eigenvalue weighted by Crippen LogP contribution is 2.27. The average Bonchev–Trinajstić information content (AvgIpc) is 2.57. The third-order valence-electron chi connectivity index (χ3n) is 2.75. The third-order valence-corrected chi connectivity index (χ3v) is 3.00. The molecule has 19 heavy (non-hydrogen) atoms. The minimum Gasteiger partial charge on any atom is -0.352 e. The molecule has 0 saturated carbocycles. The Balaban J connectivity index is 2.03. The molecule has 2 heterocycles. The summed E-state index contributed by atoms with van der Waals surface area (Å²) in [7, 11) is 0. The number of hydrogen-bond acceptors (Lipinski definition) is 3. The summed E-state index contributed by atoms with van der Waals surface area (Å²) in [6.07, 6.45) is 3.14. The second-order valence-corrected chi connectivity index (χ2v) is 4.52. The van der Waals surface area contributed by atoms with Gasteiger partial charge in [0.1, 0.15) is 0 Å². The summed E-state index contributed by atoms with van der Waals surface area (Å²) in [5, 5.41) is 6.57. The van der Waals surface area contributed by atoms with E-state index in [2.05, 4.69) is 15.6 Å². The molecule has 1 aliphatic heterocycles. The SMILES string of the molecule is O=C1C=C(c2ccc(Cl)cc2)Nc2cccnc2N1. The van der Waals surface area contributed by atoms with Gasteiger partial charge in [-0.25, -0.2) is 4.98 Å². The Morgan fingerprint density at radius 2 is 1.84 bits per heavy atom. The van der Waals surface area contributed by atoms with Crippen molar-refractivity contribution in [2.24, 2.45) is 0 Å². The van der Waals surface area contributed by atoms with Crippen molar-refractivity contribution in [2.75, 3.05) is 10.6 Å². The first-order chi connectivity index (χ1) is 9.22. The number of amides is 1. The lowest BCUT2D eigenvalue weighted by atomic mass is 10.1. The molecule has 0 radical (unpaired) electrons. The molecule has 1 aromatic carbocycles. The number of anilines is 2. The molecule has 4 nitrogen and oxygen atoms in total. The van der Waals surface area contributed by atoms with E-state index in [-0.39, 0.29) is 5.91 Å². The summed E-state index contributed by atoms with van der Waals surface area (Å²) in [4.78, 5) is 15.9. The first-order valence-electron chi connectivity index (χ1n) is 5.73. The highest BCUT2D eigenvalue weighted by Gasteiger charge is 2.14. The van der Waals surface area contributed by atoms with Crippen LogP contribution >= 0.6 is 11.6 Å². The lowest BCUT2D eigenvalue weighted by Gasteiger charge is -2.10. The van der Waals surface area contributed by atoms with Gasteiger partial charge in [0.05, 0.1) is 11.4 Å². The Hall–Kier alpha value is -2.33. The molecule has 3 rings (SSSR count). The Kier molecular flexibility index (Phi) is 2.93. The molecule has 0 atom stereocenters. The van der Waals surface area contributed by atoms with Crippen LogP contribution in [-0.2, 0) is 4.79 Å². The van der Waals surface area contributed by atoms with Gasteiger partial charge in [0.25, 0.3) is 5.91 Å². The van der Waals surface area contributed by atoms with Gasteiger partial charge in [-0.05, 0) is 29.8 Å². The lowest BCUT2D eigenvalue weighted by Crippen LogP contribution is -2.08. The fourth-order valence-corrected chi connectivity index (χ4v) is 1.98. The number of nitrogens with zero attached hydrogens (tertiary/aromatic N) is 1. The largest absolute Gasteiger partial charge is 0.352 e. The number of nitrogens with one attached hydrogen (secondary N) is 2. The lowest BCUT2D eigenvalue weighted by molar-refractivity contribution is -0.111. The maximum absolute atomic E-state index is 11.8. The molecule has 2 N–H and O–H groups in total. The van der Waals surface area contributed by atoms with Crippen molar-refractivity contribution >= 4 is 34.7 Å². The van der Waals surface area contributed by atoms with Crippen LogP contribution in [-0.4, -0.2) is 10.9 Å². The van der Waals surface area contributed by atoms with Gasteiger partial charge in [-0.1, -0.05) is 23.7 Å². The zero-order chi connectivity index (χ0) is 13.2. The number of benzene rings is 1. The number of rotatable bonds is 1. The zero-order valence-electron chi connectivity index (χ0n) is 9.85. The first-order valence-corrected chi connectivity index (χ1v) is 6.11. The molecule has 0 aliphatic carbocycles. The summed E-state index contributed by atoms with van der Waals surface area (Å²) >= 11 is 5.86. The summed E-state index contributed by atoms with van der Waals surface area (Å²) in [6.45, 7) is 0. The second kappa shape index (κ2) is 4.74. The Labute approximate surface area is 115 Å². The topological polar surface area (TPSA) is 54.0 Å². The standard InChI is InChI=1S/C14H10ClN3O/c15-10-5-3-9(4-6-10)12-8-13(19)18-14-11(17-12)2-1-7-16-14/h1-8,17H,(H,16,18,19). The fraction of sp³-hybridized carbons (Fsp3) is 0. The van der Waals surface area contributed by atoms with Crippen LogP contribution in [0.5, 0.6) is 0 Å². The van der Waals surface area contributed by atoms with Crippen molar-refractivity contribution in [3.05, 3.63) is 59.3 Å². The maximum Gasteiger partial charge on any atom is 0.251 e. The van der Waals surface area contributed by atoms with E-state index < -0.39 is 0 Å². The van der Waals surface area contributed by atoms with Crippen LogP contribution < -0.4 is 10.6 Å². The molecule has 94 valence electrons. The first kappa shape index (κ1) is 11.7. The van der Waals surface area contributed by atoms with Crippen molar-refractivity contribution in [1.29, 1.82) is 0 Å². The number of carbonyl (C=O) groups is 1. The van der Waals surface area contributed by atoms with E-state index in [4.69, 9.17) is 11.6 Å². The molecule has 1 amide bonds. The van der Waals surface area contributed by atoms with Gasteiger partial charge >= 0.3 is 0 Å². The normalized spacial score (nSPS) is 13.7. The van der Waals surface area contributed by atoms with Gasteiger partial charge in [0.2, 0.25) is 0 Å². The molecule has 0 fully saturated rings. The number of halogens is 1. The van der Waals surface area contributed by atoms with Crippen LogP contribution in [0.3, 0.4) is 0 Å². The molecule has 1 aliphatic rings. The van der Waals surface area contributed by atoms with Gasteiger partial charge in [0.15, 0.2) is 5.82 Å². The van der Waals surface area contributed by atoms with Crippen molar-refractivity contribution in [3.63, 3.8) is 0 Å². The van der Waals surface area contributed by atoms with Crippen LogP contribution in [0.15, 0.2) is 48.7 Å². The fourth-order valence-electron chi connectivity index (χ4n) is 1.86. The molecular weight excluding hydrogens is 262 g/mol. The van der Waals surface area contributed by atoms with E-state index in [1.807, 2.05) is 24.3 Å². The Morgan fingerprint density at radius 1 is 1.05 bits per heavy atom. The number of aromatic nitrogens is 1. The van der Waals surface area contributed by atoms with Crippen molar-refractivity contribution < 1.29 is 4.79 Å². The molecular formula is C14H10ClN3O. The quantitative estimate of drug-likeness (QED) is 0.838. The monoisotopic (exact) mass is 271 g/mol. The maximum atomic E-state index is 11.8. The summed E-state index contributed by atoms with van der Waals surface area (Å²) in [5.74, 6) is 0.308. The molecule has 0 saturated heterocycles. The van der Waals surface area contributed by atoms with Crippen LogP contribution in [0.2, 0.25) is 5.02 Å². The van der Waals surface area contributed by atoms with Gasteiger partial charge in [0, 0.05) is 17.3 Å². The minimum absolute atomic E-state index is 0.213. The highest BCUT2D eigenvalue weighted by atomic mass is 35.5. The van der Waals surface area contributed by atoms with E-state index in [1.165, 1.54) is 6.08 Å². The summed E-state index contributed by atoms with van der Waals surface area (Å²) < 4.78 is 0. The van der Waals surface area contributed by atoms with Crippen LogP contribution in [0.4, 0.5) is 11.5 Å². The van der Waals surface area contributed by atoms with E-state index >= 15 is 0 Å². The zero-order valence-corrected chi connectivity index (χ0v) is 10.6. The number of pyridine rings is 1. The highest BCUT2D eigenvalue weighted by molar-refractivity contribution is 6.30. The van der Waals surface area contributed by atoms with E-state index in [9.17, 15) is 4.79 Å². The summed E-state index contributed by atoms with van der Waals surface area (Å²) in [5.41, 5.74) is 2.35. The Morgan fingerprint density at radius 3 is 2.63 bits per heavy atom. The second-order valence-electron chi connectivity index (χ2n) is 4.08. The average molecular weight is 272 g/mol. The molecule has 0 spiro atoms. The smallest absolute Gasteiger partial charge is 0.251 e. The van der Waals surface area contributed by atoms with Crippen LogP contribution in [0, 0.1) is 0 Å². The Bertz CT molecular complexity index is 665. The number of fused-ring (bicyclic) bond motifs is 1. The summed E-state index contributed by atoms with van der Waals surface area (Å²) in [6, 6.07) is 10.9.